The summed E-state index contributed by atoms with van der Waals surface area (Å²) in [5.74, 6) is 0.725. The van der Waals surface area contributed by atoms with Crippen LogP contribution in [0.25, 0.3) is 16.6 Å². The largest absolute Gasteiger partial charge is 0.369 e. The zero-order valence-corrected chi connectivity index (χ0v) is 14.2. The second kappa shape index (κ2) is 6.20. The molecule has 1 aliphatic heterocycles. The van der Waals surface area contributed by atoms with E-state index in [9.17, 15) is 4.79 Å². The quantitative estimate of drug-likeness (QED) is 0.797. The van der Waals surface area contributed by atoms with Gasteiger partial charge in [0.1, 0.15) is 0 Å². The maximum absolute atomic E-state index is 11.4. The minimum absolute atomic E-state index is 0.0247. The Labute approximate surface area is 146 Å². The molecule has 3 aromatic rings. The highest BCUT2D eigenvalue weighted by molar-refractivity contribution is 5.91. The molecular formula is C19H21N5O. The molecule has 1 aromatic carbocycles. The smallest absolute Gasteiger partial charge is 0.220 e. The number of fused-ring (bicyclic) bond motifs is 1. The molecule has 1 saturated heterocycles. The first-order valence-corrected chi connectivity index (χ1v) is 8.57. The first-order chi connectivity index (χ1) is 12.1. The minimum atomic E-state index is -0.195. The number of aromatic nitrogens is 3. The van der Waals surface area contributed by atoms with Crippen molar-refractivity contribution in [2.45, 2.75) is 19.8 Å². The van der Waals surface area contributed by atoms with E-state index in [1.54, 1.807) is 6.20 Å². The Balaban J connectivity index is 1.73. The van der Waals surface area contributed by atoms with Crippen LogP contribution in [0.15, 0.2) is 42.7 Å². The highest BCUT2D eigenvalue weighted by Crippen LogP contribution is 2.30. The van der Waals surface area contributed by atoms with Gasteiger partial charge in [0.15, 0.2) is 5.82 Å². The van der Waals surface area contributed by atoms with Crippen LogP contribution >= 0.6 is 0 Å². The summed E-state index contributed by atoms with van der Waals surface area (Å²) < 4.78 is 1.94. The number of hydrogen-bond donors (Lipinski definition) is 1. The van der Waals surface area contributed by atoms with Gasteiger partial charge < -0.3 is 10.6 Å². The molecule has 0 bridgehead atoms. The van der Waals surface area contributed by atoms with E-state index in [-0.39, 0.29) is 11.8 Å². The molecule has 0 aliphatic carbocycles. The summed E-state index contributed by atoms with van der Waals surface area (Å²) in [4.78, 5) is 17.9. The first kappa shape index (κ1) is 15.6. The minimum Gasteiger partial charge on any atom is -0.369 e. The average molecular weight is 335 g/mol. The molecule has 1 fully saturated rings. The number of benzene rings is 1. The lowest BCUT2D eigenvalue weighted by Crippen LogP contribution is -2.38. The molecule has 1 aliphatic rings. The van der Waals surface area contributed by atoms with Crippen LogP contribution in [-0.4, -0.2) is 33.8 Å². The maximum atomic E-state index is 11.4. The van der Waals surface area contributed by atoms with E-state index in [4.69, 9.17) is 10.8 Å². The summed E-state index contributed by atoms with van der Waals surface area (Å²) in [6.45, 7) is 3.65. The van der Waals surface area contributed by atoms with Crippen LogP contribution in [0.4, 0.5) is 5.82 Å². The Morgan fingerprint density at radius 3 is 2.56 bits per heavy atom. The van der Waals surface area contributed by atoms with Crippen LogP contribution in [0.3, 0.4) is 0 Å². The van der Waals surface area contributed by atoms with Gasteiger partial charge in [-0.1, -0.05) is 17.7 Å². The van der Waals surface area contributed by atoms with Crippen LogP contribution in [0.2, 0.25) is 0 Å². The summed E-state index contributed by atoms with van der Waals surface area (Å²) in [6.07, 6.45) is 5.20. The van der Waals surface area contributed by atoms with Gasteiger partial charge in [-0.3, -0.25) is 9.78 Å². The van der Waals surface area contributed by atoms with E-state index in [1.165, 1.54) is 5.56 Å². The molecule has 0 radical (unpaired) electrons. The van der Waals surface area contributed by atoms with Crippen LogP contribution in [-0.2, 0) is 4.79 Å². The van der Waals surface area contributed by atoms with Crippen molar-refractivity contribution in [2.75, 3.05) is 18.0 Å². The predicted octanol–water partition coefficient (Wildman–Crippen LogP) is 2.43. The second-order valence-corrected chi connectivity index (χ2v) is 6.63. The Morgan fingerprint density at radius 2 is 1.88 bits per heavy atom. The highest BCUT2D eigenvalue weighted by Gasteiger charge is 2.26. The molecular weight excluding hydrogens is 314 g/mol. The highest BCUT2D eigenvalue weighted by atomic mass is 16.1. The average Bonchev–Trinajstić information content (AvgIpc) is 3.02. The zero-order chi connectivity index (χ0) is 17.4. The lowest BCUT2D eigenvalue weighted by Gasteiger charge is -2.30. The molecule has 128 valence electrons. The van der Waals surface area contributed by atoms with E-state index in [2.05, 4.69) is 41.1 Å². The predicted molar refractivity (Wildman–Crippen MR) is 97.7 cm³/mol. The van der Waals surface area contributed by atoms with Crippen LogP contribution in [0.1, 0.15) is 18.4 Å². The number of primary amides is 1. The number of amides is 1. The second-order valence-electron chi connectivity index (χ2n) is 6.63. The van der Waals surface area contributed by atoms with Gasteiger partial charge in [0, 0.05) is 30.6 Å². The topological polar surface area (TPSA) is 77.0 Å². The van der Waals surface area contributed by atoms with Gasteiger partial charge in [-0.25, -0.2) is 4.68 Å². The molecule has 1 amide bonds. The van der Waals surface area contributed by atoms with Crippen molar-refractivity contribution in [3.63, 3.8) is 0 Å². The van der Waals surface area contributed by atoms with Gasteiger partial charge >= 0.3 is 0 Å². The molecule has 0 atom stereocenters. The normalized spacial score (nSPS) is 15.6. The molecule has 6 heteroatoms. The molecule has 0 saturated carbocycles. The number of hydrogen-bond acceptors (Lipinski definition) is 4. The number of anilines is 1. The molecule has 0 unspecified atom stereocenters. The summed E-state index contributed by atoms with van der Waals surface area (Å²) in [6, 6.07) is 10.3. The lowest BCUT2D eigenvalue weighted by molar-refractivity contribution is -0.122. The Hall–Kier alpha value is -2.89. The third-order valence-electron chi connectivity index (χ3n) is 4.94. The van der Waals surface area contributed by atoms with Crippen LogP contribution in [0, 0.1) is 12.8 Å². The van der Waals surface area contributed by atoms with Crippen molar-refractivity contribution in [2.24, 2.45) is 11.7 Å². The van der Waals surface area contributed by atoms with Crippen LogP contribution in [0.5, 0.6) is 0 Å². The van der Waals surface area contributed by atoms with Gasteiger partial charge in [0.2, 0.25) is 5.91 Å². The van der Waals surface area contributed by atoms with E-state index in [1.807, 2.05) is 16.9 Å². The Kier molecular flexibility index (Phi) is 3.87. The fourth-order valence-corrected chi connectivity index (χ4v) is 3.44. The molecule has 2 N–H and O–H groups in total. The molecule has 6 nitrogen and oxygen atoms in total. The van der Waals surface area contributed by atoms with Gasteiger partial charge in [0.05, 0.1) is 17.4 Å². The first-order valence-electron chi connectivity index (χ1n) is 8.57. The van der Waals surface area contributed by atoms with Crippen molar-refractivity contribution in [1.82, 2.24) is 14.8 Å². The van der Waals surface area contributed by atoms with E-state index >= 15 is 0 Å². The number of piperidine rings is 1. The van der Waals surface area contributed by atoms with Gasteiger partial charge in [-0.2, -0.15) is 0 Å². The molecule has 4 rings (SSSR count). The molecule has 2 aromatic heterocycles. The monoisotopic (exact) mass is 335 g/mol. The molecule has 0 spiro atoms. The van der Waals surface area contributed by atoms with E-state index in [0.29, 0.717) is 0 Å². The van der Waals surface area contributed by atoms with Crippen LogP contribution < -0.4 is 10.6 Å². The molecule has 25 heavy (non-hydrogen) atoms. The fourth-order valence-electron chi connectivity index (χ4n) is 3.44. The Bertz CT molecular complexity index is 907. The number of nitrogens with two attached hydrogens (primary N) is 1. The number of nitrogens with zero attached hydrogens (tertiary/aromatic N) is 4. The number of pyridine rings is 1. The van der Waals surface area contributed by atoms with Gasteiger partial charge in [-0.05, 0) is 38.0 Å². The van der Waals surface area contributed by atoms with Crippen molar-refractivity contribution in [3.05, 3.63) is 48.3 Å². The van der Waals surface area contributed by atoms with Crippen molar-refractivity contribution < 1.29 is 4.79 Å². The summed E-state index contributed by atoms with van der Waals surface area (Å²) >= 11 is 0. The summed E-state index contributed by atoms with van der Waals surface area (Å²) in [7, 11) is 0. The van der Waals surface area contributed by atoms with Gasteiger partial charge in [0.25, 0.3) is 0 Å². The number of carbonyl (C=O) groups is 1. The molecule has 3 heterocycles. The Morgan fingerprint density at radius 1 is 1.16 bits per heavy atom. The summed E-state index contributed by atoms with van der Waals surface area (Å²) in [5, 5.41) is 5.95. The van der Waals surface area contributed by atoms with E-state index in [0.717, 1.165) is 48.3 Å². The van der Waals surface area contributed by atoms with Crippen molar-refractivity contribution >= 4 is 22.6 Å². The van der Waals surface area contributed by atoms with Crippen molar-refractivity contribution in [3.8, 4) is 5.69 Å². The number of carbonyl (C=O) groups excluding carboxylic acids is 1. The fraction of sp³-hybridized carbons (Fsp3) is 0.316. The summed E-state index contributed by atoms with van der Waals surface area (Å²) in [5.41, 5.74) is 8.66. The maximum Gasteiger partial charge on any atom is 0.220 e. The van der Waals surface area contributed by atoms with Gasteiger partial charge in [-0.15, -0.1) is 5.10 Å². The number of aryl methyl sites for hydroxylation is 1. The van der Waals surface area contributed by atoms with E-state index < -0.39 is 0 Å². The van der Waals surface area contributed by atoms with Crippen molar-refractivity contribution in [1.29, 1.82) is 0 Å². The lowest BCUT2D eigenvalue weighted by atomic mass is 9.96. The SMILES string of the molecule is Cc1ccc(-n2nc(N3CCC(C(N)=O)CC3)c3ccncc32)cc1. The third-order valence-corrected chi connectivity index (χ3v) is 4.94. The standard InChI is InChI=1S/C19H21N5O/c1-13-2-4-15(5-3-13)24-17-12-21-9-6-16(17)19(22-24)23-10-7-14(8-11-23)18(20)25/h2-6,9,12,14H,7-8,10-11H2,1H3,(H2,20,25). The third kappa shape index (κ3) is 2.84. The number of rotatable bonds is 3. The zero-order valence-electron chi connectivity index (χ0n) is 14.2.